The molecule has 3 heterocycles. The van der Waals surface area contributed by atoms with Gasteiger partial charge in [0.1, 0.15) is 17.8 Å². The van der Waals surface area contributed by atoms with Crippen molar-refractivity contribution in [2.75, 3.05) is 33.0 Å². The Labute approximate surface area is 195 Å². The molecule has 1 aromatic carbocycles. The quantitative estimate of drug-likeness (QED) is 0.609. The van der Waals surface area contributed by atoms with Crippen LogP contribution in [0.2, 0.25) is 0 Å². The van der Waals surface area contributed by atoms with E-state index in [2.05, 4.69) is 0 Å². The van der Waals surface area contributed by atoms with Crippen molar-refractivity contribution in [3.05, 3.63) is 65.5 Å². The predicted molar refractivity (Wildman–Crippen MR) is 116 cm³/mol. The Morgan fingerprint density at radius 3 is 2.35 bits per heavy atom. The van der Waals surface area contributed by atoms with Crippen LogP contribution in [-0.4, -0.2) is 56.8 Å². The molecule has 3 aliphatic heterocycles. The van der Waals surface area contributed by atoms with Crippen LogP contribution in [0.3, 0.4) is 0 Å². The lowest BCUT2D eigenvalue weighted by molar-refractivity contribution is -0.144. The number of amides is 1. The van der Waals surface area contributed by atoms with Crippen LogP contribution in [0.5, 0.6) is 0 Å². The number of rotatable bonds is 4. The standard InChI is InChI=1S/C24H20N4O6/c1-32-14-28-16-9-5-4-8-15(16)24(22(28)31)18(20(29)33-2)19(21(30)34-3)27-11-7-6-10-17(27)23(24,12-25)13-26/h4-11,17H,14H2,1-3H3/t17-,24-/m1/s1. The van der Waals surface area contributed by atoms with Gasteiger partial charge in [0.25, 0.3) is 0 Å². The minimum Gasteiger partial charge on any atom is -0.466 e. The van der Waals surface area contributed by atoms with Crippen LogP contribution in [0.25, 0.3) is 0 Å². The largest absolute Gasteiger partial charge is 0.466 e. The number of hydrogen-bond donors (Lipinski definition) is 0. The fourth-order valence-electron chi connectivity index (χ4n) is 5.10. The molecular weight excluding hydrogens is 440 g/mol. The van der Waals surface area contributed by atoms with Crippen molar-refractivity contribution < 1.29 is 28.6 Å². The van der Waals surface area contributed by atoms with Crippen molar-refractivity contribution in [1.82, 2.24) is 4.90 Å². The van der Waals surface area contributed by atoms with Crippen molar-refractivity contribution >= 4 is 23.5 Å². The number of nitriles is 2. The Morgan fingerprint density at radius 1 is 1.06 bits per heavy atom. The molecule has 0 bridgehead atoms. The Hall–Kier alpha value is -4.41. The monoisotopic (exact) mass is 460 g/mol. The van der Waals surface area contributed by atoms with Crippen LogP contribution in [-0.2, 0) is 34.0 Å². The number of fused-ring (bicyclic) bond motifs is 3. The number of benzene rings is 1. The van der Waals surface area contributed by atoms with Crippen LogP contribution >= 0.6 is 0 Å². The van der Waals surface area contributed by atoms with Gasteiger partial charge >= 0.3 is 11.9 Å². The highest BCUT2D eigenvalue weighted by Gasteiger charge is 2.74. The van der Waals surface area contributed by atoms with Gasteiger partial charge < -0.3 is 19.1 Å². The van der Waals surface area contributed by atoms with Crippen molar-refractivity contribution in [1.29, 1.82) is 10.5 Å². The van der Waals surface area contributed by atoms with E-state index in [1.165, 1.54) is 23.1 Å². The van der Waals surface area contributed by atoms with Gasteiger partial charge in [0.15, 0.2) is 5.41 Å². The first-order chi connectivity index (χ1) is 16.4. The minimum absolute atomic E-state index is 0.212. The number of anilines is 1. The average molecular weight is 460 g/mol. The lowest BCUT2D eigenvalue weighted by Gasteiger charge is -2.51. The molecule has 0 aliphatic carbocycles. The SMILES string of the molecule is COCN1C(=O)[C@]2(C(C(=O)OC)=C(C(=O)OC)N3C=CC=C[C@@H]3C2(C#N)C#N)c2ccccc21. The van der Waals surface area contributed by atoms with Crippen LogP contribution in [0.4, 0.5) is 5.69 Å². The molecule has 0 saturated carbocycles. The second kappa shape index (κ2) is 8.18. The molecule has 0 saturated heterocycles. The molecule has 0 fully saturated rings. The fourth-order valence-corrected chi connectivity index (χ4v) is 5.10. The molecule has 10 nitrogen and oxygen atoms in total. The first kappa shape index (κ1) is 22.8. The summed E-state index contributed by atoms with van der Waals surface area (Å²) in [7, 11) is 3.61. The van der Waals surface area contributed by atoms with Gasteiger partial charge in [-0.05, 0) is 17.7 Å². The molecule has 1 aromatic rings. The van der Waals surface area contributed by atoms with Crippen molar-refractivity contribution in [2.24, 2.45) is 5.41 Å². The first-order valence-corrected chi connectivity index (χ1v) is 10.2. The number of nitrogens with zero attached hydrogens (tertiary/aromatic N) is 4. The zero-order valence-corrected chi connectivity index (χ0v) is 18.6. The number of esters is 2. The van der Waals surface area contributed by atoms with Crippen molar-refractivity contribution in [3.63, 3.8) is 0 Å². The predicted octanol–water partition coefficient (Wildman–Crippen LogP) is 1.28. The van der Waals surface area contributed by atoms with Gasteiger partial charge in [-0.1, -0.05) is 30.4 Å². The van der Waals surface area contributed by atoms with E-state index in [9.17, 15) is 24.9 Å². The molecule has 3 aliphatic rings. The topological polar surface area (TPSA) is 133 Å². The summed E-state index contributed by atoms with van der Waals surface area (Å²) in [6.45, 7) is -0.212. The summed E-state index contributed by atoms with van der Waals surface area (Å²) < 4.78 is 15.2. The number of carbonyl (C=O) groups excluding carboxylic acids is 3. The van der Waals surface area contributed by atoms with E-state index in [0.717, 1.165) is 14.2 Å². The van der Waals surface area contributed by atoms with Gasteiger partial charge in [-0.3, -0.25) is 9.69 Å². The smallest absolute Gasteiger partial charge is 0.355 e. The maximum atomic E-state index is 14.3. The Kier molecular flexibility index (Phi) is 5.48. The third-order valence-corrected chi connectivity index (χ3v) is 6.40. The van der Waals surface area contributed by atoms with E-state index >= 15 is 0 Å². The highest BCUT2D eigenvalue weighted by atomic mass is 16.5. The summed E-state index contributed by atoms with van der Waals surface area (Å²) in [5.41, 5.74) is -4.56. The van der Waals surface area contributed by atoms with Crippen LogP contribution < -0.4 is 4.90 Å². The molecule has 1 spiro atoms. The molecule has 0 aromatic heterocycles. The third kappa shape index (κ3) is 2.54. The maximum Gasteiger partial charge on any atom is 0.355 e. The highest BCUT2D eigenvalue weighted by Crippen LogP contribution is 2.61. The van der Waals surface area contributed by atoms with Gasteiger partial charge in [-0.25, -0.2) is 9.59 Å². The first-order valence-electron chi connectivity index (χ1n) is 10.2. The van der Waals surface area contributed by atoms with E-state index < -0.39 is 40.3 Å². The maximum absolute atomic E-state index is 14.3. The lowest BCUT2D eigenvalue weighted by atomic mass is 9.52. The summed E-state index contributed by atoms with van der Waals surface area (Å²) in [4.78, 5) is 43.4. The molecule has 172 valence electrons. The fraction of sp³-hybridized carbons (Fsp3) is 0.292. The van der Waals surface area contributed by atoms with Crippen LogP contribution in [0, 0.1) is 28.1 Å². The molecule has 0 N–H and O–H groups in total. The van der Waals surface area contributed by atoms with Crippen LogP contribution in [0.1, 0.15) is 5.56 Å². The number of methoxy groups -OCH3 is 3. The second-order valence-corrected chi connectivity index (χ2v) is 7.74. The summed E-state index contributed by atoms with van der Waals surface area (Å²) in [6, 6.07) is 9.48. The molecule has 34 heavy (non-hydrogen) atoms. The van der Waals surface area contributed by atoms with Gasteiger partial charge in [0, 0.05) is 13.3 Å². The molecule has 1 amide bonds. The Balaban J connectivity index is 2.28. The van der Waals surface area contributed by atoms with E-state index in [1.807, 2.05) is 12.1 Å². The zero-order valence-electron chi connectivity index (χ0n) is 18.6. The van der Waals surface area contributed by atoms with Gasteiger partial charge in [-0.2, -0.15) is 10.5 Å². The van der Waals surface area contributed by atoms with Gasteiger partial charge in [0.05, 0.1) is 43.7 Å². The minimum atomic E-state index is -2.21. The zero-order chi connectivity index (χ0) is 24.7. The molecule has 4 rings (SSSR count). The third-order valence-electron chi connectivity index (χ3n) is 6.40. The number of ether oxygens (including phenoxy) is 3. The summed E-state index contributed by atoms with van der Waals surface area (Å²) in [5.74, 6) is -2.73. The number of para-hydroxylation sites is 1. The second-order valence-electron chi connectivity index (χ2n) is 7.74. The summed E-state index contributed by atoms with van der Waals surface area (Å²) >= 11 is 0. The summed E-state index contributed by atoms with van der Waals surface area (Å²) in [6.07, 6.45) is 6.18. The molecule has 0 unspecified atom stereocenters. The van der Waals surface area contributed by atoms with Gasteiger partial charge in [0.2, 0.25) is 5.91 Å². The normalized spacial score (nSPS) is 23.8. The van der Waals surface area contributed by atoms with Gasteiger partial charge in [-0.15, -0.1) is 0 Å². The molecule has 0 radical (unpaired) electrons. The Bertz CT molecular complexity index is 1250. The van der Waals surface area contributed by atoms with E-state index in [-0.39, 0.29) is 18.0 Å². The summed E-state index contributed by atoms with van der Waals surface area (Å²) in [5, 5.41) is 21.1. The van der Waals surface area contributed by atoms with E-state index in [4.69, 9.17) is 14.2 Å². The van der Waals surface area contributed by atoms with E-state index in [0.29, 0.717) is 5.69 Å². The number of hydrogen-bond acceptors (Lipinski definition) is 9. The van der Waals surface area contributed by atoms with Crippen molar-refractivity contribution in [3.8, 4) is 12.1 Å². The van der Waals surface area contributed by atoms with E-state index in [1.54, 1.807) is 42.5 Å². The molecule has 10 heteroatoms. The Morgan fingerprint density at radius 2 is 1.74 bits per heavy atom. The van der Waals surface area contributed by atoms with Crippen LogP contribution in [0.15, 0.2) is 60.0 Å². The lowest BCUT2D eigenvalue weighted by Crippen LogP contribution is -2.66. The highest BCUT2D eigenvalue weighted by molar-refractivity contribution is 6.19. The average Bonchev–Trinajstić information content (AvgIpc) is 3.12. The molecule has 2 atom stereocenters. The number of carbonyl (C=O) groups is 3. The number of allylic oxidation sites excluding steroid dienone is 2. The van der Waals surface area contributed by atoms with Crippen molar-refractivity contribution in [2.45, 2.75) is 11.5 Å². The molecular formula is C24H20N4O6.